The van der Waals surface area contributed by atoms with Crippen molar-refractivity contribution < 1.29 is 9.90 Å². The van der Waals surface area contributed by atoms with E-state index in [1.165, 1.54) is 0 Å². The Labute approximate surface area is 195 Å². The van der Waals surface area contributed by atoms with Crippen molar-refractivity contribution in [2.24, 2.45) is 0 Å². The van der Waals surface area contributed by atoms with Gasteiger partial charge in [0.1, 0.15) is 11.5 Å². The normalized spacial score (nSPS) is 16.0. The molecule has 0 radical (unpaired) electrons. The Morgan fingerprint density at radius 1 is 1.21 bits per heavy atom. The molecule has 0 bridgehead atoms. The number of thiophene rings is 1. The number of aromatic amines is 1. The smallest absolute Gasteiger partial charge is 0.251 e. The van der Waals surface area contributed by atoms with E-state index in [1.54, 1.807) is 29.8 Å². The zero-order valence-electron chi connectivity index (χ0n) is 18.1. The number of benzene rings is 1. The quantitative estimate of drug-likeness (QED) is 0.356. The first-order valence-electron chi connectivity index (χ1n) is 11.2. The number of carbonyl (C=O) groups excluding carboxylic acids is 1. The number of aromatic nitrogens is 4. The van der Waals surface area contributed by atoms with Crippen molar-refractivity contribution in [1.29, 1.82) is 0 Å². The second-order valence-electron chi connectivity index (χ2n) is 8.15. The fraction of sp³-hybridized carbons (Fsp3) is 0.280. The SMILES string of the molecule is O=C(NCCCc1ncc[nH]1)c1ccc2nc(C3=CCC(O)CC3)c(-c3cccs3)nc2c1. The van der Waals surface area contributed by atoms with Crippen molar-refractivity contribution in [3.8, 4) is 10.6 Å². The lowest BCUT2D eigenvalue weighted by Crippen LogP contribution is -2.24. The molecule has 1 aliphatic carbocycles. The van der Waals surface area contributed by atoms with Gasteiger partial charge in [0.15, 0.2) is 0 Å². The number of rotatable bonds is 7. The van der Waals surface area contributed by atoms with E-state index in [0.717, 1.165) is 58.9 Å². The van der Waals surface area contributed by atoms with E-state index < -0.39 is 0 Å². The van der Waals surface area contributed by atoms with Crippen LogP contribution in [0.2, 0.25) is 0 Å². The van der Waals surface area contributed by atoms with Crippen molar-refractivity contribution in [2.75, 3.05) is 6.54 Å². The second-order valence-corrected chi connectivity index (χ2v) is 9.10. The Morgan fingerprint density at radius 3 is 2.88 bits per heavy atom. The summed E-state index contributed by atoms with van der Waals surface area (Å²) in [6, 6.07) is 9.51. The molecule has 1 unspecified atom stereocenters. The van der Waals surface area contributed by atoms with Crippen LogP contribution in [0.5, 0.6) is 0 Å². The summed E-state index contributed by atoms with van der Waals surface area (Å²) in [5.74, 6) is 0.800. The van der Waals surface area contributed by atoms with Crippen LogP contribution in [0.1, 0.15) is 47.6 Å². The third-order valence-electron chi connectivity index (χ3n) is 5.80. The number of hydrogen-bond donors (Lipinski definition) is 3. The molecular weight excluding hydrogens is 434 g/mol. The Balaban J connectivity index is 1.39. The molecule has 1 aliphatic rings. The van der Waals surface area contributed by atoms with Gasteiger partial charge in [-0.15, -0.1) is 11.3 Å². The van der Waals surface area contributed by atoms with Crippen LogP contribution >= 0.6 is 11.3 Å². The molecule has 3 N–H and O–H groups in total. The van der Waals surface area contributed by atoms with E-state index in [4.69, 9.17) is 9.97 Å². The molecule has 0 saturated carbocycles. The first-order valence-corrected chi connectivity index (χ1v) is 12.0. The summed E-state index contributed by atoms with van der Waals surface area (Å²) < 4.78 is 0. The minimum absolute atomic E-state index is 0.121. The van der Waals surface area contributed by atoms with Gasteiger partial charge in [0.05, 0.1) is 27.7 Å². The Kier molecular flexibility index (Phi) is 6.28. The van der Waals surface area contributed by atoms with E-state index in [1.807, 2.05) is 29.6 Å². The van der Waals surface area contributed by atoms with Gasteiger partial charge >= 0.3 is 0 Å². The van der Waals surface area contributed by atoms with Gasteiger partial charge in [-0.2, -0.15) is 0 Å². The highest BCUT2D eigenvalue weighted by atomic mass is 32.1. The van der Waals surface area contributed by atoms with Gasteiger partial charge in [-0.1, -0.05) is 12.1 Å². The Hall–Kier alpha value is -3.36. The molecule has 168 valence electrons. The van der Waals surface area contributed by atoms with Crippen molar-refractivity contribution in [1.82, 2.24) is 25.3 Å². The van der Waals surface area contributed by atoms with Gasteiger partial charge in [-0.3, -0.25) is 4.79 Å². The van der Waals surface area contributed by atoms with Gasteiger partial charge in [-0.25, -0.2) is 15.0 Å². The largest absolute Gasteiger partial charge is 0.393 e. The minimum Gasteiger partial charge on any atom is -0.393 e. The summed E-state index contributed by atoms with van der Waals surface area (Å²) in [5.41, 5.74) is 4.84. The molecule has 4 aromatic rings. The maximum Gasteiger partial charge on any atom is 0.251 e. The summed E-state index contributed by atoms with van der Waals surface area (Å²) in [4.78, 5) is 30.9. The average Bonchev–Trinajstić information content (AvgIpc) is 3.56. The molecule has 1 amide bonds. The van der Waals surface area contributed by atoms with Gasteiger partial charge in [0, 0.05) is 30.9 Å². The van der Waals surface area contributed by atoms with Crippen LogP contribution in [-0.2, 0) is 6.42 Å². The van der Waals surface area contributed by atoms with E-state index in [2.05, 4.69) is 21.4 Å². The number of aliphatic hydroxyl groups excluding tert-OH is 1. The number of carbonyl (C=O) groups is 1. The maximum absolute atomic E-state index is 12.7. The zero-order valence-corrected chi connectivity index (χ0v) is 18.9. The number of amides is 1. The fourth-order valence-electron chi connectivity index (χ4n) is 4.03. The number of aryl methyl sites for hydroxylation is 1. The predicted molar refractivity (Wildman–Crippen MR) is 130 cm³/mol. The predicted octanol–water partition coefficient (Wildman–Crippen LogP) is 4.37. The highest BCUT2D eigenvalue weighted by Gasteiger charge is 2.20. The summed E-state index contributed by atoms with van der Waals surface area (Å²) in [5, 5.41) is 14.9. The van der Waals surface area contributed by atoms with E-state index in [-0.39, 0.29) is 12.0 Å². The zero-order chi connectivity index (χ0) is 22.6. The van der Waals surface area contributed by atoms with Gasteiger partial charge in [-0.05, 0) is 60.9 Å². The molecule has 7 nitrogen and oxygen atoms in total. The number of imidazole rings is 1. The molecule has 3 aromatic heterocycles. The van der Waals surface area contributed by atoms with Crippen LogP contribution < -0.4 is 5.32 Å². The van der Waals surface area contributed by atoms with Crippen LogP contribution in [0.3, 0.4) is 0 Å². The standard InChI is InChI=1S/C25H25N5O2S/c31-18-8-5-16(6-9-18)23-24(21-3-2-14-33-21)30-20-15-17(7-10-19(20)29-23)25(32)28-11-1-4-22-26-12-13-27-22/h2-3,5,7,10,12-15,18,31H,1,4,6,8-9,11H2,(H,26,27)(H,28,32). The summed E-state index contributed by atoms with van der Waals surface area (Å²) in [6.45, 7) is 0.572. The van der Waals surface area contributed by atoms with Gasteiger partial charge in [0.2, 0.25) is 0 Å². The Morgan fingerprint density at radius 2 is 2.12 bits per heavy atom. The summed E-state index contributed by atoms with van der Waals surface area (Å²) in [7, 11) is 0. The van der Waals surface area contributed by atoms with E-state index in [9.17, 15) is 9.90 Å². The number of nitrogens with one attached hydrogen (secondary N) is 2. The molecule has 0 aliphatic heterocycles. The number of hydrogen-bond acceptors (Lipinski definition) is 6. The lowest BCUT2D eigenvalue weighted by molar-refractivity contribution is 0.0953. The molecule has 0 spiro atoms. The van der Waals surface area contributed by atoms with E-state index in [0.29, 0.717) is 24.0 Å². The average molecular weight is 460 g/mol. The summed E-state index contributed by atoms with van der Waals surface area (Å²) >= 11 is 1.62. The number of allylic oxidation sites excluding steroid dienone is 1. The van der Waals surface area contributed by atoms with Crippen molar-refractivity contribution in [3.05, 3.63) is 71.3 Å². The molecule has 0 saturated heterocycles. The molecule has 3 heterocycles. The molecule has 5 rings (SSSR count). The molecule has 1 aromatic carbocycles. The second kappa shape index (κ2) is 9.64. The highest BCUT2D eigenvalue weighted by molar-refractivity contribution is 7.13. The molecular formula is C25H25N5O2S. The van der Waals surface area contributed by atoms with Crippen LogP contribution in [-0.4, -0.2) is 43.6 Å². The number of H-pyrrole nitrogens is 1. The topological polar surface area (TPSA) is 104 Å². The van der Waals surface area contributed by atoms with Crippen LogP contribution in [0.25, 0.3) is 27.2 Å². The van der Waals surface area contributed by atoms with Crippen LogP contribution in [0.15, 0.2) is 54.2 Å². The van der Waals surface area contributed by atoms with Gasteiger partial charge < -0.3 is 15.4 Å². The first kappa shape index (κ1) is 21.5. The maximum atomic E-state index is 12.7. The monoisotopic (exact) mass is 459 g/mol. The molecule has 33 heavy (non-hydrogen) atoms. The minimum atomic E-state index is -0.285. The molecule has 0 fully saturated rings. The van der Waals surface area contributed by atoms with E-state index >= 15 is 0 Å². The highest BCUT2D eigenvalue weighted by Crippen LogP contribution is 2.35. The number of aliphatic hydroxyl groups is 1. The number of nitrogens with zero attached hydrogens (tertiary/aromatic N) is 3. The Bertz CT molecular complexity index is 1280. The first-order chi connectivity index (χ1) is 16.2. The fourth-order valence-corrected chi connectivity index (χ4v) is 4.75. The van der Waals surface area contributed by atoms with Gasteiger partial charge in [0.25, 0.3) is 5.91 Å². The lowest BCUT2D eigenvalue weighted by atomic mass is 9.93. The van der Waals surface area contributed by atoms with Crippen molar-refractivity contribution >= 4 is 33.9 Å². The van der Waals surface area contributed by atoms with Crippen molar-refractivity contribution in [2.45, 2.75) is 38.2 Å². The third kappa shape index (κ3) is 4.86. The van der Waals surface area contributed by atoms with Crippen molar-refractivity contribution in [3.63, 3.8) is 0 Å². The molecule has 8 heteroatoms. The molecule has 1 atom stereocenters. The summed E-state index contributed by atoms with van der Waals surface area (Å²) in [6.07, 6.45) is 9.06. The number of fused-ring (bicyclic) bond motifs is 1. The lowest BCUT2D eigenvalue weighted by Gasteiger charge is -2.19. The third-order valence-corrected chi connectivity index (χ3v) is 6.68. The van der Waals surface area contributed by atoms with Crippen LogP contribution in [0, 0.1) is 0 Å². The van der Waals surface area contributed by atoms with Crippen LogP contribution in [0.4, 0.5) is 0 Å².